The second-order valence-electron chi connectivity index (χ2n) is 5.59. The van der Waals surface area contributed by atoms with Crippen molar-refractivity contribution >= 4 is 22.6 Å². The van der Waals surface area contributed by atoms with Gasteiger partial charge in [0.15, 0.2) is 0 Å². The molecule has 1 fully saturated rings. The van der Waals surface area contributed by atoms with Crippen molar-refractivity contribution in [1.29, 1.82) is 0 Å². The summed E-state index contributed by atoms with van der Waals surface area (Å²) in [5.74, 6) is -0.116. The molecule has 6 heteroatoms. The quantitative estimate of drug-likeness (QED) is 0.689. The number of carbonyl (C=O) groups is 1. The zero-order chi connectivity index (χ0) is 14.8. The summed E-state index contributed by atoms with van der Waals surface area (Å²) in [4.78, 5) is 19.5. The topological polar surface area (TPSA) is 81.8 Å². The maximum Gasteiger partial charge on any atom is 0.254 e. The molecule has 112 valence electrons. The van der Waals surface area contributed by atoms with Gasteiger partial charge in [-0.2, -0.15) is 0 Å². The molecule has 21 heavy (non-hydrogen) atoms. The fraction of sp³-hybridized carbons (Fsp3) is 0.467. The van der Waals surface area contributed by atoms with E-state index in [9.17, 15) is 4.79 Å². The van der Waals surface area contributed by atoms with Crippen LogP contribution in [0, 0.1) is 0 Å². The Labute approximate surface area is 123 Å². The molecule has 0 spiro atoms. The van der Waals surface area contributed by atoms with Crippen molar-refractivity contribution in [3.05, 3.63) is 24.0 Å². The highest BCUT2D eigenvalue weighted by Crippen LogP contribution is 2.27. The van der Waals surface area contributed by atoms with Crippen molar-refractivity contribution in [3.8, 4) is 0 Å². The number of nitrogens with zero attached hydrogens (tertiary/aromatic N) is 1. The van der Waals surface area contributed by atoms with E-state index < -0.39 is 0 Å². The molecular weight excluding hydrogens is 266 g/mol. The third kappa shape index (κ3) is 2.71. The number of amides is 1. The van der Waals surface area contributed by atoms with Gasteiger partial charge in [0, 0.05) is 36.9 Å². The van der Waals surface area contributed by atoms with Gasteiger partial charge in [0.2, 0.25) is 0 Å². The predicted octanol–water partition coefficient (Wildman–Crippen LogP) is 1.47. The maximum absolute atomic E-state index is 12.1. The fourth-order valence-electron chi connectivity index (χ4n) is 2.94. The summed E-state index contributed by atoms with van der Waals surface area (Å²) in [6.45, 7) is 3.18. The number of aromatic nitrogens is 2. The summed E-state index contributed by atoms with van der Waals surface area (Å²) in [6.07, 6.45) is 5.57. The molecule has 2 atom stereocenters. The zero-order valence-electron chi connectivity index (χ0n) is 12.4. The van der Waals surface area contributed by atoms with Crippen molar-refractivity contribution < 1.29 is 4.79 Å². The molecule has 1 aliphatic rings. The number of H-pyrrole nitrogens is 1. The van der Waals surface area contributed by atoms with Gasteiger partial charge in [-0.15, -0.1) is 0 Å². The molecule has 2 unspecified atom stereocenters. The SMILES string of the molecule is CNC(=O)c1cnc2[nH]ccc2c1NC1CCNC(C)C1. The molecule has 1 amide bonds. The molecule has 1 saturated heterocycles. The summed E-state index contributed by atoms with van der Waals surface area (Å²) in [7, 11) is 1.64. The normalized spacial score (nSPS) is 22.2. The summed E-state index contributed by atoms with van der Waals surface area (Å²) < 4.78 is 0. The monoisotopic (exact) mass is 287 g/mol. The molecule has 4 N–H and O–H groups in total. The molecule has 2 aromatic rings. The number of pyridine rings is 1. The number of anilines is 1. The van der Waals surface area contributed by atoms with Crippen LogP contribution in [0.5, 0.6) is 0 Å². The number of hydrogen-bond acceptors (Lipinski definition) is 4. The molecule has 0 aromatic carbocycles. The second-order valence-corrected chi connectivity index (χ2v) is 5.59. The van der Waals surface area contributed by atoms with E-state index in [0.29, 0.717) is 17.6 Å². The van der Waals surface area contributed by atoms with Crippen molar-refractivity contribution in [2.75, 3.05) is 18.9 Å². The summed E-state index contributed by atoms with van der Waals surface area (Å²) in [5.41, 5.74) is 2.27. The summed E-state index contributed by atoms with van der Waals surface area (Å²) in [5, 5.41) is 10.6. The lowest BCUT2D eigenvalue weighted by Crippen LogP contribution is -2.41. The zero-order valence-corrected chi connectivity index (χ0v) is 12.4. The van der Waals surface area contributed by atoms with Crippen molar-refractivity contribution in [2.24, 2.45) is 0 Å². The largest absolute Gasteiger partial charge is 0.381 e. The van der Waals surface area contributed by atoms with Gasteiger partial charge in [0.25, 0.3) is 5.91 Å². The van der Waals surface area contributed by atoms with Crippen LogP contribution in [0.2, 0.25) is 0 Å². The third-order valence-electron chi connectivity index (χ3n) is 4.03. The molecule has 2 aromatic heterocycles. The van der Waals surface area contributed by atoms with Gasteiger partial charge in [-0.1, -0.05) is 0 Å². The molecule has 0 aliphatic carbocycles. The first-order valence-electron chi connectivity index (χ1n) is 7.37. The predicted molar refractivity (Wildman–Crippen MR) is 83.6 cm³/mol. The fourth-order valence-corrected chi connectivity index (χ4v) is 2.94. The van der Waals surface area contributed by atoms with E-state index in [4.69, 9.17) is 0 Å². The maximum atomic E-state index is 12.1. The van der Waals surface area contributed by atoms with Gasteiger partial charge >= 0.3 is 0 Å². The lowest BCUT2D eigenvalue weighted by molar-refractivity contribution is 0.0963. The van der Waals surface area contributed by atoms with E-state index >= 15 is 0 Å². The number of piperidine rings is 1. The number of carbonyl (C=O) groups excluding carboxylic acids is 1. The number of nitrogens with one attached hydrogen (secondary N) is 4. The Morgan fingerprint density at radius 1 is 1.48 bits per heavy atom. The second kappa shape index (κ2) is 5.73. The van der Waals surface area contributed by atoms with Gasteiger partial charge in [-0.3, -0.25) is 4.79 Å². The van der Waals surface area contributed by atoms with E-state index in [1.807, 2.05) is 12.3 Å². The minimum Gasteiger partial charge on any atom is -0.381 e. The highest BCUT2D eigenvalue weighted by atomic mass is 16.1. The Hall–Kier alpha value is -2.08. The van der Waals surface area contributed by atoms with Gasteiger partial charge in [-0.25, -0.2) is 4.98 Å². The Kier molecular flexibility index (Phi) is 3.79. The van der Waals surface area contributed by atoms with Gasteiger partial charge in [-0.05, 0) is 32.4 Å². The molecule has 3 heterocycles. The summed E-state index contributed by atoms with van der Waals surface area (Å²) >= 11 is 0. The lowest BCUT2D eigenvalue weighted by Gasteiger charge is -2.30. The van der Waals surface area contributed by atoms with Gasteiger partial charge in [0.05, 0.1) is 11.3 Å². The molecular formula is C15H21N5O. The van der Waals surface area contributed by atoms with Crippen LogP contribution >= 0.6 is 0 Å². The minimum absolute atomic E-state index is 0.116. The molecule has 0 radical (unpaired) electrons. The van der Waals surface area contributed by atoms with E-state index in [1.54, 1.807) is 13.2 Å². The van der Waals surface area contributed by atoms with Crippen LogP contribution in [0.15, 0.2) is 18.5 Å². The highest BCUT2D eigenvalue weighted by Gasteiger charge is 2.22. The molecule has 0 bridgehead atoms. The van der Waals surface area contributed by atoms with Crippen LogP contribution in [0.1, 0.15) is 30.1 Å². The molecule has 1 aliphatic heterocycles. The number of aromatic amines is 1. The number of fused-ring (bicyclic) bond motifs is 1. The molecule has 0 saturated carbocycles. The van der Waals surface area contributed by atoms with E-state index in [0.717, 1.165) is 36.1 Å². The van der Waals surface area contributed by atoms with Crippen LogP contribution < -0.4 is 16.0 Å². The first kappa shape index (κ1) is 13.9. The first-order chi connectivity index (χ1) is 10.2. The van der Waals surface area contributed by atoms with Crippen LogP contribution in [-0.4, -0.2) is 41.6 Å². The minimum atomic E-state index is -0.116. The Balaban J connectivity index is 1.97. The third-order valence-corrected chi connectivity index (χ3v) is 4.03. The van der Waals surface area contributed by atoms with Crippen molar-refractivity contribution in [3.63, 3.8) is 0 Å². The van der Waals surface area contributed by atoms with Crippen LogP contribution in [0.3, 0.4) is 0 Å². The van der Waals surface area contributed by atoms with E-state index in [2.05, 4.69) is 32.8 Å². The van der Waals surface area contributed by atoms with Gasteiger partial charge < -0.3 is 20.9 Å². The average molecular weight is 287 g/mol. The standard InChI is InChI=1S/C15H21N5O/c1-9-7-10(3-5-17-9)20-13-11-4-6-18-14(11)19-8-12(13)15(21)16-2/h4,6,8-10,17H,3,5,7H2,1-2H3,(H,16,21)(H2,18,19,20). The Bertz CT molecular complexity index is 651. The Morgan fingerprint density at radius 2 is 2.33 bits per heavy atom. The highest BCUT2D eigenvalue weighted by molar-refractivity contribution is 6.06. The van der Waals surface area contributed by atoms with Crippen LogP contribution in [0.4, 0.5) is 5.69 Å². The van der Waals surface area contributed by atoms with Gasteiger partial charge in [0.1, 0.15) is 5.65 Å². The lowest BCUT2D eigenvalue weighted by atomic mass is 9.99. The summed E-state index contributed by atoms with van der Waals surface area (Å²) in [6, 6.07) is 2.81. The molecule has 6 nitrogen and oxygen atoms in total. The molecule has 3 rings (SSSR count). The van der Waals surface area contributed by atoms with Crippen LogP contribution in [-0.2, 0) is 0 Å². The smallest absolute Gasteiger partial charge is 0.254 e. The van der Waals surface area contributed by atoms with Crippen molar-refractivity contribution in [2.45, 2.75) is 31.8 Å². The van der Waals surface area contributed by atoms with E-state index in [1.165, 1.54) is 0 Å². The Morgan fingerprint density at radius 3 is 3.10 bits per heavy atom. The average Bonchev–Trinajstić information content (AvgIpc) is 2.96. The number of rotatable bonds is 3. The van der Waals surface area contributed by atoms with E-state index in [-0.39, 0.29) is 5.91 Å². The van der Waals surface area contributed by atoms with Crippen LogP contribution in [0.25, 0.3) is 11.0 Å². The van der Waals surface area contributed by atoms with Crippen molar-refractivity contribution in [1.82, 2.24) is 20.6 Å². The first-order valence-corrected chi connectivity index (χ1v) is 7.37. The number of hydrogen-bond donors (Lipinski definition) is 4.